The number of carbonyl (C=O) groups is 2. The van der Waals surface area contributed by atoms with Crippen molar-refractivity contribution in [3.05, 3.63) is 83.6 Å². The second kappa shape index (κ2) is 9.41. The van der Waals surface area contributed by atoms with Crippen LogP contribution in [0.2, 0.25) is 0 Å². The molecule has 3 rings (SSSR count). The van der Waals surface area contributed by atoms with E-state index in [4.69, 9.17) is 4.74 Å². The van der Waals surface area contributed by atoms with Crippen LogP contribution in [-0.2, 0) is 11.2 Å². The first-order chi connectivity index (χ1) is 14.1. The highest BCUT2D eigenvalue weighted by atomic mass is 19.1. The molecule has 2 N–H and O–H groups in total. The van der Waals surface area contributed by atoms with Crippen LogP contribution in [0.4, 0.5) is 15.9 Å². The Morgan fingerprint density at radius 2 is 1.79 bits per heavy atom. The van der Waals surface area contributed by atoms with Crippen LogP contribution >= 0.6 is 0 Å². The van der Waals surface area contributed by atoms with Gasteiger partial charge in [-0.05, 0) is 36.2 Å². The number of carbonyl (C=O) groups excluding carboxylic acids is 2. The molecule has 0 aliphatic heterocycles. The number of esters is 1. The number of hydrogen-bond donors (Lipinski definition) is 2. The Balaban J connectivity index is 1.58. The molecule has 0 atom stereocenters. The molecule has 2 aromatic carbocycles. The molecule has 148 valence electrons. The maximum absolute atomic E-state index is 12.9. The first kappa shape index (κ1) is 19.9. The zero-order valence-electron chi connectivity index (χ0n) is 15.7. The highest BCUT2D eigenvalue weighted by Gasteiger charge is 2.12. The van der Waals surface area contributed by atoms with Gasteiger partial charge in [-0.1, -0.05) is 24.3 Å². The molecule has 0 aliphatic carbocycles. The van der Waals surface area contributed by atoms with Crippen molar-refractivity contribution in [2.45, 2.75) is 6.42 Å². The second-order valence-electron chi connectivity index (χ2n) is 6.08. The minimum absolute atomic E-state index is 0.163. The van der Waals surface area contributed by atoms with E-state index in [1.54, 1.807) is 36.4 Å². The molecule has 8 heteroatoms. The monoisotopic (exact) mass is 394 g/mol. The van der Waals surface area contributed by atoms with Gasteiger partial charge in [0, 0.05) is 6.54 Å². The predicted octanol–water partition coefficient (Wildman–Crippen LogP) is 3.12. The number of para-hydroxylation sites is 1. The summed E-state index contributed by atoms with van der Waals surface area (Å²) >= 11 is 0. The summed E-state index contributed by atoms with van der Waals surface area (Å²) in [5.74, 6) is -0.750. The largest absolute Gasteiger partial charge is 0.465 e. The number of anilines is 2. The van der Waals surface area contributed by atoms with E-state index in [1.807, 2.05) is 0 Å². The number of rotatable bonds is 7. The van der Waals surface area contributed by atoms with Crippen LogP contribution in [0.15, 0.2) is 60.9 Å². The predicted molar refractivity (Wildman–Crippen MR) is 106 cm³/mol. The lowest BCUT2D eigenvalue weighted by molar-refractivity contribution is 0.0601. The van der Waals surface area contributed by atoms with E-state index in [0.29, 0.717) is 30.0 Å². The number of nitrogens with zero attached hydrogens (tertiary/aromatic N) is 2. The Labute approximate surface area is 167 Å². The van der Waals surface area contributed by atoms with E-state index in [2.05, 4.69) is 20.6 Å². The van der Waals surface area contributed by atoms with Crippen LogP contribution in [-0.4, -0.2) is 35.5 Å². The van der Waals surface area contributed by atoms with Gasteiger partial charge in [-0.15, -0.1) is 0 Å². The third-order valence-corrected chi connectivity index (χ3v) is 4.09. The fraction of sp³-hybridized carbons (Fsp3) is 0.143. The van der Waals surface area contributed by atoms with Gasteiger partial charge in [-0.3, -0.25) is 4.79 Å². The zero-order chi connectivity index (χ0) is 20.6. The van der Waals surface area contributed by atoms with Crippen molar-refractivity contribution in [1.29, 1.82) is 0 Å². The van der Waals surface area contributed by atoms with Gasteiger partial charge >= 0.3 is 5.97 Å². The van der Waals surface area contributed by atoms with Crippen molar-refractivity contribution in [3.8, 4) is 0 Å². The smallest absolute Gasteiger partial charge is 0.339 e. The number of nitrogens with one attached hydrogen (secondary N) is 2. The fourth-order valence-electron chi connectivity index (χ4n) is 2.59. The third kappa shape index (κ3) is 5.35. The van der Waals surface area contributed by atoms with Gasteiger partial charge in [0.1, 0.15) is 17.3 Å². The molecule has 0 fully saturated rings. The summed E-state index contributed by atoms with van der Waals surface area (Å²) in [5.41, 5.74) is 1.96. The molecule has 1 aromatic heterocycles. The van der Waals surface area contributed by atoms with Crippen LogP contribution in [0, 0.1) is 5.82 Å². The average Bonchev–Trinajstić information content (AvgIpc) is 2.75. The van der Waals surface area contributed by atoms with Crippen LogP contribution in [0.5, 0.6) is 0 Å². The van der Waals surface area contributed by atoms with Crippen LogP contribution in [0.1, 0.15) is 26.4 Å². The maximum atomic E-state index is 12.9. The maximum Gasteiger partial charge on any atom is 0.339 e. The quantitative estimate of drug-likeness (QED) is 0.598. The molecular formula is C21H19FN4O3. The summed E-state index contributed by atoms with van der Waals surface area (Å²) in [4.78, 5) is 32.3. The van der Waals surface area contributed by atoms with Crippen molar-refractivity contribution in [3.63, 3.8) is 0 Å². The zero-order valence-corrected chi connectivity index (χ0v) is 15.7. The van der Waals surface area contributed by atoms with Crippen molar-refractivity contribution in [2.75, 3.05) is 19.0 Å². The van der Waals surface area contributed by atoms with E-state index in [1.165, 1.54) is 31.6 Å². The average molecular weight is 394 g/mol. The van der Waals surface area contributed by atoms with Crippen molar-refractivity contribution < 1.29 is 18.7 Å². The van der Waals surface area contributed by atoms with Gasteiger partial charge < -0.3 is 15.4 Å². The molecule has 0 bridgehead atoms. The van der Waals surface area contributed by atoms with E-state index in [9.17, 15) is 14.0 Å². The van der Waals surface area contributed by atoms with Crippen molar-refractivity contribution >= 4 is 23.4 Å². The standard InChI is InChI=1S/C21H19FN4O3/c1-29-21(28)16-4-2-3-5-17(16)26-19-13-24-18(12-25-19)20(27)23-11-10-14-6-8-15(22)9-7-14/h2-9,12-13H,10-11H2,1H3,(H,23,27)(H,25,26). The van der Waals surface area contributed by atoms with Crippen LogP contribution < -0.4 is 10.6 Å². The first-order valence-corrected chi connectivity index (χ1v) is 8.86. The number of aromatic nitrogens is 2. The molecule has 29 heavy (non-hydrogen) atoms. The Hall–Kier alpha value is -3.81. The third-order valence-electron chi connectivity index (χ3n) is 4.09. The van der Waals surface area contributed by atoms with Crippen molar-refractivity contribution in [1.82, 2.24) is 15.3 Å². The molecule has 0 aliphatic rings. The Bertz CT molecular complexity index is 992. The van der Waals surface area contributed by atoms with Gasteiger partial charge in [-0.25, -0.2) is 19.2 Å². The molecule has 3 aromatic rings. The fourth-order valence-corrected chi connectivity index (χ4v) is 2.59. The molecule has 0 saturated heterocycles. The molecule has 1 amide bonds. The van der Waals surface area contributed by atoms with Gasteiger partial charge in [-0.2, -0.15) is 0 Å². The number of halogens is 1. The number of amides is 1. The summed E-state index contributed by atoms with van der Waals surface area (Å²) in [7, 11) is 1.31. The van der Waals surface area contributed by atoms with E-state index in [-0.39, 0.29) is 17.4 Å². The summed E-state index contributed by atoms with van der Waals surface area (Å²) < 4.78 is 17.6. The Morgan fingerprint density at radius 3 is 2.48 bits per heavy atom. The summed E-state index contributed by atoms with van der Waals surface area (Å²) in [6.45, 7) is 0.388. The van der Waals surface area contributed by atoms with Gasteiger partial charge in [0.2, 0.25) is 0 Å². The van der Waals surface area contributed by atoms with E-state index in [0.717, 1.165) is 5.56 Å². The highest BCUT2D eigenvalue weighted by molar-refractivity contribution is 5.96. The van der Waals surface area contributed by atoms with Gasteiger partial charge in [0.25, 0.3) is 5.91 Å². The topological polar surface area (TPSA) is 93.2 Å². The lowest BCUT2D eigenvalue weighted by Crippen LogP contribution is -2.26. The van der Waals surface area contributed by atoms with E-state index >= 15 is 0 Å². The van der Waals surface area contributed by atoms with Crippen LogP contribution in [0.25, 0.3) is 0 Å². The summed E-state index contributed by atoms with van der Waals surface area (Å²) in [5, 5.41) is 5.73. The molecule has 0 spiro atoms. The molecule has 0 unspecified atom stereocenters. The van der Waals surface area contributed by atoms with Crippen LogP contribution in [0.3, 0.4) is 0 Å². The Kier molecular flexibility index (Phi) is 6.47. The molecule has 0 radical (unpaired) electrons. The number of methoxy groups -OCH3 is 1. The minimum atomic E-state index is -0.474. The molecule has 7 nitrogen and oxygen atoms in total. The molecule has 1 heterocycles. The highest BCUT2D eigenvalue weighted by Crippen LogP contribution is 2.19. The molecule has 0 saturated carbocycles. The van der Waals surface area contributed by atoms with Crippen molar-refractivity contribution in [2.24, 2.45) is 0 Å². The van der Waals surface area contributed by atoms with E-state index < -0.39 is 5.97 Å². The number of ether oxygens (including phenoxy) is 1. The summed E-state index contributed by atoms with van der Waals surface area (Å²) in [6.07, 6.45) is 3.32. The van der Waals surface area contributed by atoms with Gasteiger partial charge in [0.05, 0.1) is 30.8 Å². The first-order valence-electron chi connectivity index (χ1n) is 8.86. The number of hydrogen-bond acceptors (Lipinski definition) is 6. The summed E-state index contributed by atoms with van der Waals surface area (Å²) in [6, 6.07) is 12.9. The van der Waals surface area contributed by atoms with Gasteiger partial charge in [0.15, 0.2) is 0 Å². The second-order valence-corrected chi connectivity index (χ2v) is 6.08. The Morgan fingerprint density at radius 1 is 1.03 bits per heavy atom. The lowest BCUT2D eigenvalue weighted by Gasteiger charge is -2.10. The molecular weight excluding hydrogens is 375 g/mol. The minimum Gasteiger partial charge on any atom is -0.465 e. The lowest BCUT2D eigenvalue weighted by atomic mass is 10.1. The SMILES string of the molecule is COC(=O)c1ccccc1Nc1cnc(C(=O)NCCc2ccc(F)cc2)cn1. The number of benzene rings is 2. The normalized spacial score (nSPS) is 10.3.